The first kappa shape index (κ1) is 12.9. The predicted molar refractivity (Wildman–Crippen MR) is 68.7 cm³/mol. The first-order chi connectivity index (χ1) is 7.68. The minimum absolute atomic E-state index is 0.133. The minimum atomic E-state index is -1.55. The molecule has 0 aliphatic rings. The van der Waals surface area contributed by atoms with Gasteiger partial charge >= 0.3 is 0 Å². The van der Waals surface area contributed by atoms with Crippen molar-refractivity contribution in [2.45, 2.75) is 30.0 Å². The highest BCUT2D eigenvalue weighted by molar-refractivity contribution is 6.66. The van der Waals surface area contributed by atoms with Gasteiger partial charge in [0, 0.05) is 11.5 Å². The smallest absolute Gasteiger partial charge is 0.232 e. The summed E-state index contributed by atoms with van der Waals surface area (Å²) in [6.07, 6.45) is 1.49. The van der Waals surface area contributed by atoms with Crippen LogP contribution in [-0.4, -0.2) is 19.6 Å². The maximum absolute atomic E-state index is 5.77. The van der Waals surface area contributed by atoms with E-state index in [2.05, 4.69) is 15.1 Å². The van der Waals surface area contributed by atoms with Gasteiger partial charge in [-0.1, -0.05) is 55.6 Å². The quantitative estimate of drug-likeness (QED) is 0.700. The van der Waals surface area contributed by atoms with Crippen LogP contribution in [-0.2, 0) is 9.21 Å². The third-order valence-electron chi connectivity index (χ3n) is 2.19. The number of aromatic nitrogens is 4. The van der Waals surface area contributed by atoms with Crippen molar-refractivity contribution < 1.29 is 0 Å². The van der Waals surface area contributed by atoms with E-state index in [1.54, 1.807) is 10.6 Å². The van der Waals surface area contributed by atoms with Crippen LogP contribution in [0.5, 0.6) is 0 Å². The number of hydrogen-bond donors (Lipinski definition) is 0. The zero-order valence-electron chi connectivity index (χ0n) is 9.58. The van der Waals surface area contributed by atoms with E-state index in [4.69, 9.17) is 34.8 Å². The molecule has 2 aromatic heterocycles. The molecule has 0 aliphatic carbocycles. The number of hydrogen-bond acceptors (Lipinski definition) is 3. The van der Waals surface area contributed by atoms with Gasteiger partial charge in [-0.05, 0) is 0 Å². The fourth-order valence-electron chi connectivity index (χ4n) is 1.27. The third-order valence-corrected chi connectivity index (χ3v) is 2.77. The maximum Gasteiger partial charge on any atom is 0.232 e. The normalized spacial score (nSPS) is 13.3. The number of halogens is 3. The molecule has 17 heavy (non-hydrogen) atoms. The molecule has 2 aromatic rings. The molecule has 0 spiro atoms. The lowest BCUT2D eigenvalue weighted by molar-refractivity contribution is 0.545. The molecular weight excluding hydrogens is 282 g/mol. The summed E-state index contributed by atoms with van der Waals surface area (Å²) in [5.41, 5.74) is 0.820. The van der Waals surface area contributed by atoms with E-state index in [1.807, 2.05) is 20.8 Å². The second-order valence-corrected chi connectivity index (χ2v) is 7.04. The summed E-state index contributed by atoms with van der Waals surface area (Å²) in [7, 11) is 0. The Balaban J connectivity index is 2.56. The van der Waals surface area contributed by atoms with E-state index in [-0.39, 0.29) is 5.41 Å². The Morgan fingerprint density at radius 2 is 1.82 bits per heavy atom. The van der Waals surface area contributed by atoms with E-state index in [1.165, 1.54) is 6.33 Å². The lowest BCUT2D eigenvalue weighted by Crippen LogP contribution is -2.13. The Morgan fingerprint density at radius 3 is 2.35 bits per heavy atom. The second-order valence-electron chi connectivity index (χ2n) is 4.76. The van der Waals surface area contributed by atoms with Gasteiger partial charge < -0.3 is 0 Å². The van der Waals surface area contributed by atoms with Crippen molar-refractivity contribution in [3.05, 3.63) is 23.9 Å². The van der Waals surface area contributed by atoms with E-state index >= 15 is 0 Å². The van der Waals surface area contributed by atoms with Gasteiger partial charge in [0.2, 0.25) is 3.79 Å². The Morgan fingerprint density at radius 1 is 1.18 bits per heavy atom. The molecule has 0 unspecified atom stereocenters. The first-order valence-corrected chi connectivity index (χ1v) is 6.11. The van der Waals surface area contributed by atoms with Crippen molar-refractivity contribution in [3.63, 3.8) is 0 Å². The zero-order chi connectivity index (χ0) is 12.8. The van der Waals surface area contributed by atoms with Gasteiger partial charge in [0.05, 0.1) is 5.69 Å². The number of fused-ring (bicyclic) bond motifs is 1. The number of rotatable bonds is 0. The molecule has 0 bridgehead atoms. The third kappa shape index (κ3) is 2.64. The molecule has 0 amide bonds. The molecule has 2 heterocycles. The van der Waals surface area contributed by atoms with Crippen molar-refractivity contribution >= 4 is 40.4 Å². The standard InChI is InChI=1S/C10H11Cl3N4/c1-9(2,3)8-15-7-4-6(10(11,12)13)14-5-17(7)16-8/h4-5H,1-3H3. The lowest BCUT2D eigenvalue weighted by Gasteiger charge is -2.11. The lowest BCUT2D eigenvalue weighted by atomic mass is 9.96. The van der Waals surface area contributed by atoms with Crippen molar-refractivity contribution in [2.24, 2.45) is 0 Å². The Bertz CT molecular complexity index is 539. The fraction of sp³-hybridized carbons (Fsp3) is 0.500. The topological polar surface area (TPSA) is 43.1 Å². The zero-order valence-corrected chi connectivity index (χ0v) is 11.8. The van der Waals surface area contributed by atoms with Crippen LogP contribution in [0, 0.1) is 0 Å². The minimum Gasteiger partial charge on any atom is -0.237 e. The molecule has 0 aliphatic heterocycles. The summed E-state index contributed by atoms with van der Waals surface area (Å²) in [5, 5.41) is 4.32. The molecule has 0 saturated carbocycles. The van der Waals surface area contributed by atoms with Crippen LogP contribution >= 0.6 is 34.8 Å². The van der Waals surface area contributed by atoms with Crippen LogP contribution in [0.1, 0.15) is 32.3 Å². The molecule has 0 radical (unpaired) electrons. The van der Waals surface area contributed by atoms with Crippen molar-refractivity contribution in [1.82, 2.24) is 19.6 Å². The summed E-state index contributed by atoms with van der Waals surface area (Å²) in [5.74, 6) is 0.723. The molecule has 0 fully saturated rings. The summed E-state index contributed by atoms with van der Waals surface area (Å²) in [4.78, 5) is 8.43. The Kier molecular flexibility index (Phi) is 3.00. The Hall–Kier alpha value is -0.580. The summed E-state index contributed by atoms with van der Waals surface area (Å²) >= 11 is 17.3. The molecule has 4 nitrogen and oxygen atoms in total. The van der Waals surface area contributed by atoms with Gasteiger partial charge in [-0.3, -0.25) is 0 Å². The van der Waals surface area contributed by atoms with Crippen molar-refractivity contribution in [3.8, 4) is 0 Å². The van der Waals surface area contributed by atoms with Gasteiger partial charge in [-0.15, -0.1) is 5.10 Å². The second kappa shape index (κ2) is 3.97. The number of nitrogens with zero attached hydrogens (tertiary/aromatic N) is 4. The molecular formula is C10H11Cl3N4. The van der Waals surface area contributed by atoms with Crippen LogP contribution in [0.15, 0.2) is 12.4 Å². The molecule has 0 N–H and O–H groups in total. The van der Waals surface area contributed by atoms with Gasteiger partial charge in [-0.25, -0.2) is 14.5 Å². The van der Waals surface area contributed by atoms with Gasteiger partial charge in [0.15, 0.2) is 11.5 Å². The highest BCUT2D eigenvalue weighted by atomic mass is 35.6. The fourth-order valence-corrected chi connectivity index (χ4v) is 1.58. The van der Waals surface area contributed by atoms with Gasteiger partial charge in [-0.2, -0.15) is 0 Å². The molecule has 0 saturated heterocycles. The van der Waals surface area contributed by atoms with E-state index in [9.17, 15) is 0 Å². The van der Waals surface area contributed by atoms with Gasteiger partial charge in [0.1, 0.15) is 6.33 Å². The monoisotopic (exact) mass is 292 g/mol. The van der Waals surface area contributed by atoms with E-state index < -0.39 is 3.79 Å². The average Bonchev–Trinajstić information content (AvgIpc) is 2.57. The molecule has 92 valence electrons. The average molecular weight is 294 g/mol. The number of alkyl halides is 3. The summed E-state index contributed by atoms with van der Waals surface area (Å²) in [6.45, 7) is 6.10. The van der Waals surface area contributed by atoms with Crippen LogP contribution < -0.4 is 0 Å². The van der Waals surface area contributed by atoms with Crippen LogP contribution in [0.25, 0.3) is 5.65 Å². The van der Waals surface area contributed by atoms with Crippen molar-refractivity contribution in [1.29, 1.82) is 0 Å². The molecule has 2 rings (SSSR count). The first-order valence-electron chi connectivity index (χ1n) is 4.98. The summed E-state index contributed by atoms with van der Waals surface area (Å²) < 4.78 is 0.0239. The largest absolute Gasteiger partial charge is 0.237 e. The Labute approximate surface area is 114 Å². The maximum atomic E-state index is 5.77. The van der Waals surface area contributed by atoms with E-state index in [0.29, 0.717) is 11.3 Å². The van der Waals surface area contributed by atoms with Crippen LogP contribution in [0.3, 0.4) is 0 Å². The molecule has 0 aromatic carbocycles. The highest BCUT2D eigenvalue weighted by Crippen LogP contribution is 2.37. The van der Waals surface area contributed by atoms with Crippen LogP contribution in [0.2, 0.25) is 0 Å². The molecule has 7 heteroatoms. The predicted octanol–water partition coefficient (Wildman–Crippen LogP) is 3.25. The van der Waals surface area contributed by atoms with Crippen molar-refractivity contribution in [2.75, 3.05) is 0 Å². The highest BCUT2D eigenvalue weighted by Gasteiger charge is 2.26. The molecule has 0 atom stereocenters. The SMILES string of the molecule is CC(C)(C)c1nc2cc(C(Cl)(Cl)Cl)ncn2n1. The van der Waals surface area contributed by atoms with Gasteiger partial charge in [0.25, 0.3) is 0 Å². The summed E-state index contributed by atoms with van der Waals surface area (Å²) in [6, 6.07) is 1.62. The van der Waals surface area contributed by atoms with Crippen LogP contribution in [0.4, 0.5) is 0 Å². The van der Waals surface area contributed by atoms with E-state index in [0.717, 1.165) is 5.82 Å².